The monoisotopic (exact) mass is 302 g/mol. The van der Waals surface area contributed by atoms with E-state index in [0.717, 1.165) is 12.0 Å². The van der Waals surface area contributed by atoms with Gasteiger partial charge in [0.05, 0.1) is 12.8 Å². The topological polar surface area (TPSA) is 99.2 Å². The van der Waals surface area contributed by atoms with Crippen molar-refractivity contribution in [3.8, 4) is 17.0 Å². The average molecular weight is 302 g/mol. The Kier molecular flexibility index (Phi) is 4.90. The molecule has 1 heterocycles. The number of aryl methyl sites for hydroxylation is 1. The predicted molar refractivity (Wildman–Crippen MR) is 82.4 cm³/mol. The van der Waals surface area contributed by atoms with Gasteiger partial charge in [-0.05, 0) is 24.6 Å². The second kappa shape index (κ2) is 6.86. The highest BCUT2D eigenvalue weighted by Crippen LogP contribution is 2.22. The van der Waals surface area contributed by atoms with Crippen molar-refractivity contribution in [3.63, 3.8) is 0 Å². The van der Waals surface area contributed by atoms with E-state index in [1.807, 2.05) is 24.5 Å². The van der Waals surface area contributed by atoms with E-state index in [1.165, 1.54) is 10.7 Å². The minimum absolute atomic E-state index is 0.0382. The Morgan fingerprint density at radius 3 is 2.82 bits per heavy atom. The molecule has 2 rings (SSSR count). The summed E-state index contributed by atoms with van der Waals surface area (Å²) < 4.78 is 6.46. The minimum Gasteiger partial charge on any atom is -0.497 e. The molecule has 7 heteroatoms. The molecule has 7 nitrogen and oxygen atoms in total. The third kappa shape index (κ3) is 3.15. The fraction of sp³-hybridized carbons (Fsp3) is 0.267. The number of ether oxygens (including phenoxy) is 1. The van der Waals surface area contributed by atoms with Gasteiger partial charge in [0, 0.05) is 12.1 Å². The molecule has 3 N–H and O–H groups in total. The largest absolute Gasteiger partial charge is 0.497 e. The maximum Gasteiger partial charge on any atom is 0.279 e. The van der Waals surface area contributed by atoms with Gasteiger partial charge < -0.3 is 4.74 Å². The van der Waals surface area contributed by atoms with Crippen LogP contribution in [-0.2, 0) is 6.54 Å². The number of hydrazine groups is 1. The van der Waals surface area contributed by atoms with Crippen molar-refractivity contribution in [1.29, 1.82) is 0 Å². The fourth-order valence-electron chi connectivity index (χ4n) is 2.07. The smallest absolute Gasteiger partial charge is 0.279 e. The molecule has 1 aromatic heterocycles. The molecule has 1 amide bonds. The summed E-state index contributed by atoms with van der Waals surface area (Å²) in [5.74, 6) is 5.17. The first-order valence-corrected chi connectivity index (χ1v) is 6.88. The molecule has 0 spiro atoms. The second-order valence-corrected chi connectivity index (χ2v) is 4.68. The van der Waals surface area contributed by atoms with Gasteiger partial charge in [-0.15, -0.1) is 0 Å². The van der Waals surface area contributed by atoms with E-state index in [0.29, 0.717) is 18.0 Å². The Hall–Kier alpha value is -2.67. The van der Waals surface area contributed by atoms with E-state index in [2.05, 4.69) is 5.10 Å². The van der Waals surface area contributed by atoms with Gasteiger partial charge in [-0.25, -0.2) is 10.5 Å². The number of amides is 1. The maximum atomic E-state index is 12.2. The minimum atomic E-state index is -0.638. The highest BCUT2D eigenvalue weighted by atomic mass is 16.5. The van der Waals surface area contributed by atoms with Crippen LogP contribution in [0.2, 0.25) is 0 Å². The molecule has 0 bridgehead atoms. The van der Waals surface area contributed by atoms with Crippen LogP contribution in [0.1, 0.15) is 23.7 Å². The number of rotatable bonds is 5. The Balaban J connectivity index is 2.62. The molecule has 0 aliphatic rings. The number of methoxy groups -OCH3 is 1. The van der Waals surface area contributed by atoms with Crippen molar-refractivity contribution in [2.75, 3.05) is 7.11 Å². The first kappa shape index (κ1) is 15.7. The molecule has 0 fully saturated rings. The van der Waals surface area contributed by atoms with E-state index in [1.54, 1.807) is 19.2 Å². The number of nitrogens with two attached hydrogens (primary N) is 1. The van der Waals surface area contributed by atoms with Crippen molar-refractivity contribution >= 4 is 5.91 Å². The summed E-state index contributed by atoms with van der Waals surface area (Å²) >= 11 is 0. The number of nitrogens with zero attached hydrogens (tertiary/aromatic N) is 2. The summed E-state index contributed by atoms with van der Waals surface area (Å²) in [5, 5.41) is 4.31. The zero-order valence-corrected chi connectivity index (χ0v) is 12.5. The van der Waals surface area contributed by atoms with Crippen LogP contribution in [-0.4, -0.2) is 22.8 Å². The Labute approximate surface area is 127 Å². The van der Waals surface area contributed by atoms with E-state index < -0.39 is 11.5 Å². The third-order valence-electron chi connectivity index (χ3n) is 3.15. The summed E-state index contributed by atoms with van der Waals surface area (Å²) in [6.07, 6.45) is 0.720. The van der Waals surface area contributed by atoms with E-state index >= 15 is 0 Å². The summed E-state index contributed by atoms with van der Waals surface area (Å²) in [7, 11) is 1.57. The SMILES string of the molecule is CCCn1nc(-c2cccc(OC)c2)cc(C(=O)NN)c1=O. The van der Waals surface area contributed by atoms with Gasteiger partial charge in [-0.3, -0.25) is 15.0 Å². The molecule has 0 radical (unpaired) electrons. The molecule has 22 heavy (non-hydrogen) atoms. The van der Waals surface area contributed by atoms with E-state index in [4.69, 9.17) is 10.6 Å². The summed E-state index contributed by atoms with van der Waals surface area (Å²) in [6, 6.07) is 8.67. The van der Waals surface area contributed by atoms with Crippen LogP contribution in [0.15, 0.2) is 35.1 Å². The molecule has 0 atom stereocenters. The van der Waals surface area contributed by atoms with E-state index in [-0.39, 0.29) is 5.56 Å². The quantitative estimate of drug-likeness (QED) is 0.486. The zero-order valence-electron chi connectivity index (χ0n) is 12.5. The highest BCUT2D eigenvalue weighted by molar-refractivity contribution is 5.94. The van der Waals surface area contributed by atoms with Crippen molar-refractivity contribution in [1.82, 2.24) is 15.2 Å². The van der Waals surface area contributed by atoms with Crippen LogP contribution in [0, 0.1) is 0 Å². The predicted octanol–water partition coefficient (Wildman–Crippen LogP) is 0.932. The molecule has 0 aliphatic carbocycles. The van der Waals surface area contributed by atoms with Gasteiger partial charge >= 0.3 is 0 Å². The number of aromatic nitrogens is 2. The van der Waals surface area contributed by atoms with Crippen LogP contribution in [0.4, 0.5) is 0 Å². The lowest BCUT2D eigenvalue weighted by Crippen LogP contribution is -2.37. The van der Waals surface area contributed by atoms with Crippen molar-refractivity contribution in [3.05, 3.63) is 46.2 Å². The standard InChI is InChI=1S/C15H18N4O3/c1-3-7-19-15(21)12(14(20)17-16)9-13(18-19)10-5-4-6-11(8-10)22-2/h4-6,8-9H,3,7,16H2,1-2H3,(H,17,20). The van der Waals surface area contributed by atoms with Crippen LogP contribution in [0.5, 0.6) is 5.75 Å². The molecule has 0 unspecified atom stereocenters. The number of carbonyl (C=O) groups excluding carboxylic acids is 1. The van der Waals surface area contributed by atoms with Crippen LogP contribution in [0.25, 0.3) is 11.3 Å². The van der Waals surface area contributed by atoms with Gasteiger partial charge in [0.25, 0.3) is 11.5 Å². The number of hydrogen-bond acceptors (Lipinski definition) is 5. The maximum absolute atomic E-state index is 12.2. The summed E-state index contributed by atoms with van der Waals surface area (Å²) in [6.45, 7) is 2.34. The summed E-state index contributed by atoms with van der Waals surface area (Å²) in [5.41, 5.74) is 2.74. The highest BCUT2D eigenvalue weighted by Gasteiger charge is 2.15. The van der Waals surface area contributed by atoms with Crippen LogP contribution in [0.3, 0.4) is 0 Å². The van der Waals surface area contributed by atoms with Crippen LogP contribution >= 0.6 is 0 Å². The van der Waals surface area contributed by atoms with Crippen LogP contribution < -0.4 is 21.6 Å². The molecule has 0 saturated heterocycles. The Morgan fingerprint density at radius 2 is 2.18 bits per heavy atom. The summed E-state index contributed by atoms with van der Waals surface area (Å²) in [4.78, 5) is 24.0. The van der Waals surface area contributed by atoms with Gasteiger partial charge in [-0.2, -0.15) is 5.10 Å². The molecular weight excluding hydrogens is 284 g/mol. The molecular formula is C15H18N4O3. The van der Waals surface area contributed by atoms with Crippen molar-refractivity contribution in [2.24, 2.45) is 5.84 Å². The lowest BCUT2D eigenvalue weighted by Gasteiger charge is -2.10. The van der Waals surface area contributed by atoms with Crippen molar-refractivity contribution in [2.45, 2.75) is 19.9 Å². The first-order valence-electron chi connectivity index (χ1n) is 6.88. The number of nitrogens with one attached hydrogen (secondary N) is 1. The molecule has 2 aromatic rings. The van der Waals surface area contributed by atoms with Crippen molar-refractivity contribution < 1.29 is 9.53 Å². The molecule has 0 saturated carbocycles. The van der Waals surface area contributed by atoms with Gasteiger partial charge in [0.15, 0.2) is 0 Å². The normalized spacial score (nSPS) is 10.3. The number of hydrogen-bond donors (Lipinski definition) is 2. The fourth-order valence-corrected chi connectivity index (χ4v) is 2.07. The number of nitrogen functional groups attached to an aromatic ring is 1. The zero-order chi connectivity index (χ0) is 16.1. The lowest BCUT2D eigenvalue weighted by atomic mass is 10.1. The average Bonchev–Trinajstić information content (AvgIpc) is 2.56. The number of carbonyl (C=O) groups is 1. The Bertz CT molecular complexity index is 740. The number of benzene rings is 1. The Morgan fingerprint density at radius 1 is 1.41 bits per heavy atom. The lowest BCUT2D eigenvalue weighted by molar-refractivity contribution is 0.0951. The second-order valence-electron chi connectivity index (χ2n) is 4.68. The third-order valence-corrected chi connectivity index (χ3v) is 3.15. The molecule has 0 aliphatic heterocycles. The van der Waals surface area contributed by atoms with Gasteiger partial charge in [-0.1, -0.05) is 19.1 Å². The molecule has 1 aromatic carbocycles. The van der Waals surface area contributed by atoms with Gasteiger partial charge in [0.2, 0.25) is 0 Å². The first-order chi connectivity index (χ1) is 10.6. The van der Waals surface area contributed by atoms with E-state index in [9.17, 15) is 9.59 Å². The van der Waals surface area contributed by atoms with Gasteiger partial charge in [0.1, 0.15) is 11.3 Å². The molecule has 116 valence electrons.